The zero-order chi connectivity index (χ0) is 56.5. The third-order valence-corrected chi connectivity index (χ3v) is 27.1. The molecule has 4 aliphatic rings. The minimum absolute atomic E-state index is 0.0316. The second kappa shape index (κ2) is 23.0. The molecular formula is C59H79NO14Si2. The number of hydrogen-bond acceptors (Lipinski definition) is 14. The molecule has 3 fully saturated rings. The fourth-order valence-corrected chi connectivity index (χ4v) is 18.5. The van der Waals surface area contributed by atoms with Gasteiger partial charge < -0.3 is 43.0 Å². The standard InChI is InChI=1S/C59H79NO14Si2/c1-13-75(14-2,15-3)73-44-34-45-58(36-68-45,72-39(9)62)50-52(71-54(65)42-32-26-21-27-33-42)59(67)35-43(37(7)46(56(59,10)11)48(69-38(8)61)51(63)57(44,50)12)70-55(66)49(74-76(16-4,17-5)18-6)47(40-28-22-19-23-29-40)60-53(64)41-30-24-20-25-31-41/h19-33,43-45,47-50,52,67H,13-18,34-36H2,1-12H3,(H,60,64)/t43-,44-,45+,47-,48+,49+,50-,52-,57+,58-,59+/m0/s1/i43T. The fraction of sp³-hybridized carbons (Fsp3) is 0.559. The highest BCUT2D eigenvalue weighted by atomic mass is 28.4. The molecule has 76 heavy (non-hydrogen) atoms. The molecule has 0 spiro atoms. The number of aliphatic hydroxyl groups is 1. The number of ether oxygens (including phenoxy) is 5. The van der Waals surface area contributed by atoms with E-state index < -0.39 is 129 Å². The van der Waals surface area contributed by atoms with Crippen molar-refractivity contribution in [2.45, 2.75) is 186 Å². The number of nitrogens with one attached hydrogen (secondary N) is 1. The van der Waals surface area contributed by atoms with Crippen LogP contribution in [-0.2, 0) is 51.7 Å². The van der Waals surface area contributed by atoms with Crippen molar-refractivity contribution < 1.29 is 67.8 Å². The quantitative estimate of drug-likeness (QED) is 0.0469. The van der Waals surface area contributed by atoms with Gasteiger partial charge in [0.1, 0.15) is 23.9 Å². The average Bonchev–Trinajstić information content (AvgIpc) is 3.60. The number of fused-ring (bicyclic) bond motifs is 5. The van der Waals surface area contributed by atoms with E-state index in [1.807, 2.05) is 41.5 Å². The van der Waals surface area contributed by atoms with E-state index in [2.05, 4.69) is 5.32 Å². The van der Waals surface area contributed by atoms with Gasteiger partial charge in [-0.15, -0.1) is 0 Å². The molecule has 2 saturated carbocycles. The fourth-order valence-electron chi connectivity index (χ4n) is 12.8. The molecule has 1 heterocycles. The van der Waals surface area contributed by atoms with E-state index >= 15 is 9.59 Å². The van der Waals surface area contributed by atoms with Crippen molar-refractivity contribution >= 4 is 52.2 Å². The zero-order valence-corrected chi connectivity index (χ0v) is 48.3. The molecule has 0 aromatic heterocycles. The maximum atomic E-state index is 16.7. The number of Topliss-reactive ketones (excluding diaryl/α,β-unsaturated/α-hetero) is 1. The van der Waals surface area contributed by atoms with Crippen molar-refractivity contribution in [1.29, 1.82) is 0 Å². The Morgan fingerprint density at radius 2 is 1.30 bits per heavy atom. The summed E-state index contributed by atoms with van der Waals surface area (Å²) in [6.07, 6.45) is -10.7. The van der Waals surface area contributed by atoms with Gasteiger partial charge in [-0.3, -0.25) is 19.2 Å². The van der Waals surface area contributed by atoms with Crippen molar-refractivity contribution in [3.8, 4) is 0 Å². The van der Waals surface area contributed by atoms with Gasteiger partial charge in [-0.2, -0.15) is 0 Å². The normalized spacial score (nSPS) is 29.8. The molecule has 1 saturated heterocycles. The van der Waals surface area contributed by atoms with E-state index in [-0.39, 0.29) is 29.7 Å². The van der Waals surface area contributed by atoms with Gasteiger partial charge in [0.05, 0.1) is 37.0 Å². The predicted octanol–water partition coefficient (Wildman–Crippen LogP) is 9.79. The monoisotopic (exact) mass is 1080 g/mol. The van der Waals surface area contributed by atoms with Crippen LogP contribution in [0.15, 0.2) is 102 Å². The van der Waals surface area contributed by atoms with Crippen LogP contribution in [0.1, 0.15) is 130 Å². The van der Waals surface area contributed by atoms with Crippen LogP contribution in [0, 0.1) is 16.7 Å². The highest BCUT2D eigenvalue weighted by molar-refractivity contribution is 6.74. The smallest absolute Gasteiger partial charge is 0.338 e. The van der Waals surface area contributed by atoms with Crippen molar-refractivity contribution in [3.63, 3.8) is 0 Å². The van der Waals surface area contributed by atoms with E-state index in [9.17, 15) is 25.7 Å². The molecule has 412 valence electrons. The number of amides is 1. The Kier molecular flexibility index (Phi) is 17.2. The van der Waals surface area contributed by atoms with E-state index in [0.717, 1.165) is 6.92 Å². The summed E-state index contributed by atoms with van der Waals surface area (Å²) in [7, 11) is -5.53. The van der Waals surface area contributed by atoms with Gasteiger partial charge in [-0.25, -0.2) is 9.59 Å². The first kappa shape index (κ1) is 56.9. The first-order valence-corrected chi connectivity index (χ1v) is 32.1. The lowest BCUT2D eigenvalue weighted by molar-refractivity contribution is -0.344. The molecule has 0 radical (unpaired) electrons. The Balaban J connectivity index is 1.52. The second-order valence-electron chi connectivity index (χ2n) is 21.9. The van der Waals surface area contributed by atoms with Crippen molar-refractivity contribution in [1.82, 2.24) is 5.32 Å². The van der Waals surface area contributed by atoms with Gasteiger partial charge >= 0.3 is 23.9 Å². The first-order valence-electron chi connectivity index (χ1n) is 27.6. The number of hydrogen-bond donors (Lipinski definition) is 2. The molecule has 1 aliphatic heterocycles. The lowest BCUT2D eigenvalue weighted by atomic mass is 9.44. The van der Waals surface area contributed by atoms with Crippen molar-refractivity contribution in [3.05, 3.63) is 119 Å². The van der Waals surface area contributed by atoms with E-state index in [0.29, 0.717) is 47.4 Å². The maximum absolute atomic E-state index is 16.7. The number of esters is 4. The Morgan fingerprint density at radius 1 is 0.763 bits per heavy atom. The Labute approximate surface area is 451 Å². The Bertz CT molecular complexity index is 2690. The molecule has 7 rings (SSSR count). The summed E-state index contributed by atoms with van der Waals surface area (Å²) in [4.78, 5) is 88.9. The van der Waals surface area contributed by atoms with Gasteiger partial charge in [0.15, 0.2) is 40.2 Å². The third kappa shape index (κ3) is 10.4. The largest absolute Gasteiger partial charge is 0.456 e. The van der Waals surface area contributed by atoms with Gasteiger partial charge in [-0.1, -0.05) is 122 Å². The Morgan fingerprint density at radius 3 is 1.80 bits per heavy atom. The molecule has 2 N–H and O–H groups in total. The molecule has 2 bridgehead atoms. The van der Waals surface area contributed by atoms with Gasteiger partial charge in [0.25, 0.3) is 5.91 Å². The predicted molar refractivity (Wildman–Crippen MR) is 290 cm³/mol. The number of rotatable bonds is 20. The molecule has 1 amide bonds. The summed E-state index contributed by atoms with van der Waals surface area (Å²) in [5.41, 5.74) is -7.15. The van der Waals surface area contributed by atoms with Crippen molar-refractivity contribution in [2.75, 3.05) is 6.61 Å². The van der Waals surface area contributed by atoms with Crippen LogP contribution in [0.4, 0.5) is 0 Å². The Hall–Kier alpha value is -5.31. The summed E-state index contributed by atoms with van der Waals surface area (Å²) in [6.45, 7) is 20.5. The summed E-state index contributed by atoms with van der Waals surface area (Å²) in [6, 6.07) is 28.0. The van der Waals surface area contributed by atoms with E-state index in [4.69, 9.17) is 32.5 Å². The zero-order valence-electron chi connectivity index (χ0n) is 47.3. The molecule has 0 unspecified atom stereocenters. The van der Waals surface area contributed by atoms with Crippen LogP contribution in [0.25, 0.3) is 0 Å². The highest BCUT2D eigenvalue weighted by Crippen LogP contribution is 2.65. The second-order valence-corrected chi connectivity index (χ2v) is 31.3. The molecular weight excluding hydrogens is 1000 g/mol. The minimum atomic E-state index is -2.84. The molecule has 3 aromatic carbocycles. The lowest BCUT2D eigenvalue weighted by Gasteiger charge is -2.68. The minimum Gasteiger partial charge on any atom is -0.456 e. The van der Waals surface area contributed by atoms with E-state index in [1.165, 1.54) is 26.0 Å². The van der Waals surface area contributed by atoms with Gasteiger partial charge in [-0.05, 0) is 91.1 Å². The highest BCUT2D eigenvalue weighted by Gasteiger charge is 2.79. The van der Waals surface area contributed by atoms with Crippen LogP contribution in [0.2, 0.25) is 36.3 Å². The summed E-state index contributed by atoms with van der Waals surface area (Å²) < 4.78 is 57.5. The summed E-state index contributed by atoms with van der Waals surface area (Å²) in [5, 5.41) is 17.5. The van der Waals surface area contributed by atoms with Crippen LogP contribution < -0.4 is 5.32 Å². The van der Waals surface area contributed by atoms with Crippen LogP contribution in [0.3, 0.4) is 0 Å². The SMILES string of the molecule is [3H][C@]1(OC(=O)[C@H](O[Si](CC)(CC)CC)[C@@H](NC(=O)c2ccccc2)c2ccccc2)C[C@@]2(O)[C@@H](OC(=O)c3ccccc3)[C@@H]3[C@]4(OC(C)=O)CO[C@@H]4C[C@H](O[Si](CC)(CC)CC)[C@@]3(C)C(=O)[C@H](OC(C)=O)C(=C1C)C2(C)C. The van der Waals surface area contributed by atoms with Crippen molar-refractivity contribution in [2.24, 2.45) is 16.7 Å². The van der Waals surface area contributed by atoms with Crippen LogP contribution >= 0.6 is 0 Å². The van der Waals surface area contributed by atoms with Gasteiger partial charge in [0, 0.05) is 37.7 Å². The first-order chi connectivity index (χ1) is 36.4. The molecule has 15 nitrogen and oxygen atoms in total. The number of benzene rings is 3. The molecule has 3 aliphatic carbocycles. The number of carbonyl (C=O) groups excluding carboxylic acids is 6. The van der Waals surface area contributed by atoms with Gasteiger partial charge in [0.2, 0.25) is 0 Å². The summed E-state index contributed by atoms with van der Waals surface area (Å²) in [5.74, 6) is -6.31. The third-order valence-electron chi connectivity index (χ3n) is 17.9. The molecule has 3 aromatic rings. The lowest BCUT2D eigenvalue weighted by Crippen LogP contribution is -2.82. The maximum Gasteiger partial charge on any atom is 0.338 e. The van der Waals surface area contributed by atoms with Crippen LogP contribution in [0.5, 0.6) is 0 Å². The summed E-state index contributed by atoms with van der Waals surface area (Å²) >= 11 is 0. The molecule has 17 heteroatoms. The van der Waals surface area contributed by atoms with E-state index in [1.54, 1.807) is 99.6 Å². The number of ketones is 1. The topological polar surface area (TPSA) is 199 Å². The van der Waals surface area contributed by atoms with Crippen LogP contribution in [-0.4, -0.2) is 112 Å². The molecule has 11 atom stereocenters. The average molecular weight is 1080 g/mol. The number of carbonyl (C=O) groups is 6.